The van der Waals surface area contributed by atoms with Crippen molar-refractivity contribution in [2.75, 3.05) is 19.3 Å². The van der Waals surface area contributed by atoms with Crippen molar-refractivity contribution in [1.82, 2.24) is 4.31 Å². The Labute approximate surface area is 103 Å². The van der Waals surface area contributed by atoms with Gasteiger partial charge in [-0.25, -0.2) is 8.42 Å². The summed E-state index contributed by atoms with van der Waals surface area (Å²) < 4.78 is 25.6. The maximum absolute atomic E-state index is 12.2. The normalized spacial score (nSPS) is 11.8. The fourth-order valence-corrected chi connectivity index (χ4v) is 2.80. The molecule has 0 aliphatic heterocycles. The van der Waals surface area contributed by atoms with Crippen molar-refractivity contribution >= 4 is 15.7 Å². The Morgan fingerprint density at radius 3 is 2.41 bits per heavy atom. The Balaban J connectivity index is 3.34. The second-order valence-corrected chi connectivity index (χ2v) is 6.06. The summed E-state index contributed by atoms with van der Waals surface area (Å²) >= 11 is 0. The highest BCUT2D eigenvalue weighted by molar-refractivity contribution is 7.89. The molecule has 0 radical (unpaired) electrons. The van der Waals surface area contributed by atoms with Gasteiger partial charge in [-0.2, -0.15) is 4.31 Å². The van der Waals surface area contributed by atoms with E-state index in [4.69, 9.17) is 5.73 Å². The first-order chi connectivity index (χ1) is 7.80. The van der Waals surface area contributed by atoms with E-state index in [1.165, 1.54) is 17.4 Å². The number of aryl methyl sites for hydroxylation is 2. The molecule has 0 saturated carbocycles. The van der Waals surface area contributed by atoms with Crippen LogP contribution in [-0.4, -0.2) is 26.3 Å². The highest BCUT2D eigenvalue weighted by Gasteiger charge is 2.22. The van der Waals surface area contributed by atoms with Gasteiger partial charge in [0.1, 0.15) is 4.90 Å². The number of nitrogen functional groups attached to an aromatic ring is 1. The van der Waals surface area contributed by atoms with Crippen LogP contribution in [0.3, 0.4) is 0 Å². The average molecular weight is 254 g/mol. The van der Waals surface area contributed by atoms with Crippen molar-refractivity contribution in [3.63, 3.8) is 0 Å². The van der Waals surface area contributed by atoms with E-state index in [0.29, 0.717) is 0 Å². The number of nitrogens with zero attached hydrogens (tertiary/aromatic N) is 1. The SMILES string of the molecule is C=CCN(C)S(=O)(=O)c1cc(C)c(C)cc1N. The van der Waals surface area contributed by atoms with Crippen LogP contribution < -0.4 is 5.73 Å². The van der Waals surface area contributed by atoms with E-state index >= 15 is 0 Å². The van der Waals surface area contributed by atoms with Gasteiger partial charge >= 0.3 is 0 Å². The van der Waals surface area contributed by atoms with Gasteiger partial charge in [0, 0.05) is 13.6 Å². The molecule has 2 N–H and O–H groups in total. The van der Waals surface area contributed by atoms with Gasteiger partial charge in [-0.1, -0.05) is 6.08 Å². The average Bonchev–Trinajstić information content (AvgIpc) is 2.23. The predicted octanol–water partition coefficient (Wildman–Crippen LogP) is 1.69. The molecule has 0 aromatic heterocycles. The Morgan fingerprint density at radius 2 is 1.88 bits per heavy atom. The summed E-state index contributed by atoms with van der Waals surface area (Å²) in [5.74, 6) is 0. The summed E-state index contributed by atoms with van der Waals surface area (Å²) in [6.07, 6.45) is 1.54. The lowest BCUT2D eigenvalue weighted by Gasteiger charge is -2.17. The third-order valence-electron chi connectivity index (χ3n) is 2.70. The van der Waals surface area contributed by atoms with Crippen LogP contribution in [0.1, 0.15) is 11.1 Å². The zero-order chi connectivity index (χ0) is 13.2. The van der Waals surface area contributed by atoms with Crippen LogP contribution in [0.2, 0.25) is 0 Å². The van der Waals surface area contributed by atoms with Crippen molar-refractivity contribution in [1.29, 1.82) is 0 Å². The van der Waals surface area contributed by atoms with Gasteiger partial charge in [0.2, 0.25) is 10.0 Å². The maximum atomic E-state index is 12.2. The van der Waals surface area contributed by atoms with Crippen molar-refractivity contribution in [3.05, 3.63) is 35.9 Å². The molecule has 1 rings (SSSR count). The second-order valence-electron chi connectivity index (χ2n) is 4.05. The van der Waals surface area contributed by atoms with Crippen molar-refractivity contribution in [2.24, 2.45) is 0 Å². The molecule has 0 fully saturated rings. The van der Waals surface area contributed by atoms with Gasteiger partial charge in [0.25, 0.3) is 0 Å². The maximum Gasteiger partial charge on any atom is 0.245 e. The quantitative estimate of drug-likeness (QED) is 0.657. The summed E-state index contributed by atoms with van der Waals surface area (Å²) in [5.41, 5.74) is 7.95. The molecule has 0 aliphatic carbocycles. The number of benzene rings is 1. The van der Waals surface area contributed by atoms with Gasteiger partial charge in [0.05, 0.1) is 5.69 Å². The minimum Gasteiger partial charge on any atom is -0.398 e. The fraction of sp³-hybridized carbons (Fsp3) is 0.333. The van der Waals surface area contributed by atoms with E-state index < -0.39 is 10.0 Å². The van der Waals surface area contributed by atoms with Crippen LogP contribution in [0, 0.1) is 13.8 Å². The lowest BCUT2D eigenvalue weighted by atomic mass is 10.1. The van der Waals surface area contributed by atoms with Crippen LogP contribution in [0.5, 0.6) is 0 Å². The Morgan fingerprint density at radius 1 is 1.35 bits per heavy atom. The number of anilines is 1. The van der Waals surface area contributed by atoms with Crippen LogP contribution in [0.15, 0.2) is 29.7 Å². The summed E-state index contributed by atoms with van der Waals surface area (Å²) in [6, 6.07) is 3.30. The molecule has 1 aromatic carbocycles. The molecule has 17 heavy (non-hydrogen) atoms. The van der Waals surface area contributed by atoms with E-state index in [0.717, 1.165) is 11.1 Å². The van der Waals surface area contributed by atoms with E-state index in [-0.39, 0.29) is 17.1 Å². The van der Waals surface area contributed by atoms with Crippen LogP contribution >= 0.6 is 0 Å². The summed E-state index contributed by atoms with van der Waals surface area (Å²) in [6.45, 7) is 7.54. The summed E-state index contributed by atoms with van der Waals surface area (Å²) in [4.78, 5) is 0.157. The number of likely N-dealkylation sites (N-methyl/N-ethyl adjacent to an activating group) is 1. The molecule has 0 aliphatic rings. The van der Waals surface area contributed by atoms with Gasteiger partial charge in [-0.15, -0.1) is 6.58 Å². The molecule has 0 bridgehead atoms. The van der Waals surface area contributed by atoms with Crippen LogP contribution in [0.25, 0.3) is 0 Å². The zero-order valence-corrected chi connectivity index (χ0v) is 11.2. The van der Waals surface area contributed by atoms with Gasteiger partial charge in [-0.05, 0) is 37.1 Å². The third kappa shape index (κ3) is 2.68. The fourth-order valence-electron chi connectivity index (χ4n) is 1.48. The largest absolute Gasteiger partial charge is 0.398 e. The number of sulfonamides is 1. The van der Waals surface area contributed by atoms with E-state index in [1.807, 2.05) is 13.8 Å². The van der Waals surface area contributed by atoms with E-state index in [2.05, 4.69) is 6.58 Å². The Kier molecular flexibility index (Phi) is 3.95. The molecule has 0 amide bonds. The van der Waals surface area contributed by atoms with Crippen molar-refractivity contribution in [3.8, 4) is 0 Å². The Hall–Kier alpha value is -1.33. The number of rotatable bonds is 4. The molecular weight excluding hydrogens is 236 g/mol. The highest BCUT2D eigenvalue weighted by atomic mass is 32.2. The first kappa shape index (κ1) is 13.7. The molecular formula is C12H18N2O2S. The number of hydrogen-bond acceptors (Lipinski definition) is 3. The van der Waals surface area contributed by atoms with Crippen molar-refractivity contribution in [2.45, 2.75) is 18.7 Å². The molecule has 4 nitrogen and oxygen atoms in total. The van der Waals surface area contributed by atoms with E-state index in [1.54, 1.807) is 12.1 Å². The minimum atomic E-state index is -3.53. The molecule has 1 aromatic rings. The molecule has 0 unspecified atom stereocenters. The molecule has 0 spiro atoms. The van der Waals surface area contributed by atoms with Gasteiger partial charge in [0.15, 0.2) is 0 Å². The Bertz CT molecular complexity index is 536. The third-order valence-corrected chi connectivity index (χ3v) is 4.58. The highest BCUT2D eigenvalue weighted by Crippen LogP contribution is 2.25. The first-order valence-corrected chi connectivity index (χ1v) is 6.68. The smallest absolute Gasteiger partial charge is 0.245 e. The molecule has 0 atom stereocenters. The molecule has 5 heteroatoms. The lowest BCUT2D eigenvalue weighted by Crippen LogP contribution is -2.27. The predicted molar refractivity (Wildman–Crippen MR) is 70.3 cm³/mol. The van der Waals surface area contributed by atoms with Gasteiger partial charge < -0.3 is 5.73 Å². The molecule has 0 heterocycles. The van der Waals surface area contributed by atoms with Crippen LogP contribution in [0.4, 0.5) is 5.69 Å². The second kappa shape index (κ2) is 4.89. The van der Waals surface area contributed by atoms with E-state index in [9.17, 15) is 8.42 Å². The molecule has 94 valence electrons. The first-order valence-electron chi connectivity index (χ1n) is 5.24. The standard InChI is InChI=1S/C12H18N2O2S/c1-5-6-14(4)17(15,16)12-8-10(3)9(2)7-11(12)13/h5,7-8H,1,6,13H2,2-4H3. The van der Waals surface area contributed by atoms with Gasteiger partial charge in [-0.3, -0.25) is 0 Å². The minimum absolute atomic E-state index is 0.157. The zero-order valence-electron chi connectivity index (χ0n) is 10.4. The lowest BCUT2D eigenvalue weighted by molar-refractivity contribution is 0.499. The van der Waals surface area contributed by atoms with Crippen molar-refractivity contribution < 1.29 is 8.42 Å². The number of nitrogens with two attached hydrogens (primary N) is 1. The topological polar surface area (TPSA) is 63.4 Å². The molecule has 0 saturated heterocycles. The summed E-state index contributed by atoms with van der Waals surface area (Å²) in [5, 5.41) is 0. The monoisotopic (exact) mass is 254 g/mol. The van der Waals surface area contributed by atoms with Crippen LogP contribution in [-0.2, 0) is 10.0 Å². The summed E-state index contributed by atoms with van der Waals surface area (Å²) in [7, 11) is -2.03. The number of hydrogen-bond donors (Lipinski definition) is 1.